The summed E-state index contributed by atoms with van der Waals surface area (Å²) in [6.45, 7) is 1.23. The molecule has 0 aliphatic heterocycles. The number of nitrogens with one attached hydrogen (secondary N) is 1. The average Bonchev–Trinajstić information content (AvgIpc) is 2.40. The Balaban J connectivity index is 2.68. The highest BCUT2D eigenvalue weighted by molar-refractivity contribution is 6.37. The second-order valence-electron chi connectivity index (χ2n) is 3.89. The third-order valence-corrected chi connectivity index (χ3v) is 3.16. The maximum Gasteiger partial charge on any atom is 0.256 e. The van der Waals surface area contributed by atoms with E-state index in [1.807, 2.05) is 0 Å². The number of rotatable bonds is 7. The van der Waals surface area contributed by atoms with Crippen LogP contribution in [0.5, 0.6) is 5.75 Å². The van der Waals surface area contributed by atoms with Crippen molar-refractivity contribution in [1.82, 2.24) is 5.32 Å². The lowest BCUT2D eigenvalue weighted by atomic mass is 10.1. The van der Waals surface area contributed by atoms with Gasteiger partial charge in [-0.05, 0) is 25.0 Å². The minimum atomic E-state index is -0.290. The van der Waals surface area contributed by atoms with Gasteiger partial charge in [-0.3, -0.25) is 4.79 Å². The largest absolute Gasteiger partial charge is 0.494 e. The van der Waals surface area contributed by atoms with Gasteiger partial charge in [0.1, 0.15) is 5.56 Å². The monoisotopic (exact) mass is 305 g/mol. The van der Waals surface area contributed by atoms with Gasteiger partial charge in [0, 0.05) is 20.3 Å². The van der Waals surface area contributed by atoms with Crippen molar-refractivity contribution in [2.24, 2.45) is 0 Å². The summed E-state index contributed by atoms with van der Waals surface area (Å²) in [5, 5.41) is 3.46. The molecule has 106 valence electrons. The van der Waals surface area contributed by atoms with Gasteiger partial charge in [-0.2, -0.15) is 0 Å². The minimum Gasteiger partial charge on any atom is -0.494 e. The number of unbranched alkanes of at least 4 members (excludes halogenated alkanes) is 1. The van der Waals surface area contributed by atoms with Crippen LogP contribution in [0.4, 0.5) is 0 Å². The Kier molecular flexibility index (Phi) is 6.99. The molecule has 0 heterocycles. The summed E-state index contributed by atoms with van der Waals surface area (Å²) >= 11 is 12.0. The van der Waals surface area contributed by atoms with E-state index in [0.717, 1.165) is 12.8 Å². The van der Waals surface area contributed by atoms with Crippen molar-refractivity contribution in [3.05, 3.63) is 27.7 Å². The number of amides is 1. The van der Waals surface area contributed by atoms with Crippen molar-refractivity contribution in [2.75, 3.05) is 27.4 Å². The predicted octanol–water partition coefficient (Wildman–Crippen LogP) is 3.16. The van der Waals surface area contributed by atoms with Crippen LogP contribution in [0, 0.1) is 0 Å². The molecule has 0 saturated carbocycles. The average molecular weight is 306 g/mol. The summed E-state index contributed by atoms with van der Waals surface area (Å²) < 4.78 is 10.1. The number of halogens is 2. The SMILES string of the molecule is COCCCCNC(=O)c1c(Cl)ccc(Cl)c1OC. The fourth-order valence-electron chi connectivity index (χ4n) is 1.61. The molecule has 0 aliphatic rings. The number of ether oxygens (including phenoxy) is 2. The van der Waals surface area contributed by atoms with Crippen molar-refractivity contribution >= 4 is 29.1 Å². The van der Waals surface area contributed by atoms with Crippen LogP contribution in [0.25, 0.3) is 0 Å². The molecule has 0 aliphatic carbocycles. The molecule has 4 nitrogen and oxygen atoms in total. The van der Waals surface area contributed by atoms with Gasteiger partial charge in [0.15, 0.2) is 5.75 Å². The Labute approximate surface area is 123 Å². The topological polar surface area (TPSA) is 47.6 Å². The van der Waals surface area contributed by atoms with Crippen molar-refractivity contribution in [3.8, 4) is 5.75 Å². The lowest BCUT2D eigenvalue weighted by molar-refractivity contribution is 0.0948. The van der Waals surface area contributed by atoms with Crippen LogP contribution in [0.2, 0.25) is 10.0 Å². The van der Waals surface area contributed by atoms with Crippen molar-refractivity contribution < 1.29 is 14.3 Å². The van der Waals surface area contributed by atoms with E-state index in [1.165, 1.54) is 7.11 Å². The zero-order valence-electron chi connectivity index (χ0n) is 11.0. The molecule has 0 bridgehead atoms. The maximum atomic E-state index is 12.1. The van der Waals surface area contributed by atoms with E-state index in [1.54, 1.807) is 19.2 Å². The second kappa shape index (κ2) is 8.25. The molecule has 0 spiro atoms. The first-order valence-electron chi connectivity index (χ1n) is 5.91. The van der Waals surface area contributed by atoms with Gasteiger partial charge in [-0.15, -0.1) is 0 Å². The van der Waals surface area contributed by atoms with Gasteiger partial charge in [-0.1, -0.05) is 23.2 Å². The van der Waals surface area contributed by atoms with Gasteiger partial charge >= 0.3 is 0 Å². The Morgan fingerprint density at radius 2 is 1.89 bits per heavy atom. The zero-order valence-corrected chi connectivity index (χ0v) is 12.5. The summed E-state index contributed by atoms with van der Waals surface area (Å²) in [4.78, 5) is 12.1. The molecule has 0 radical (unpaired) electrons. The Hall–Kier alpha value is -0.970. The van der Waals surface area contributed by atoms with E-state index < -0.39 is 0 Å². The highest BCUT2D eigenvalue weighted by Crippen LogP contribution is 2.33. The predicted molar refractivity (Wildman–Crippen MR) is 76.5 cm³/mol. The van der Waals surface area contributed by atoms with Crippen LogP contribution in [0.3, 0.4) is 0 Å². The quantitative estimate of drug-likeness (QED) is 0.787. The summed E-state index contributed by atoms with van der Waals surface area (Å²) in [5.41, 5.74) is 0.267. The molecule has 1 amide bonds. The first-order valence-corrected chi connectivity index (χ1v) is 6.66. The Morgan fingerprint density at radius 1 is 1.21 bits per heavy atom. The molecule has 19 heavy (non-hydrogen) atoms. The molecular formula is C13H17Cl2NO3. The van der Waals surface area contributed by atoms with E-state index in [4.69, 9.17) is 32.7 Å². The van der Waals surface area contributed by atoms with E-state index in [0.29, 0.717) is 28.9 Å². The third kappa shape index (κ3) is 4.56. The van der Waals surface area contributed by atoms with E-state index >= 15 is 0 Å². The number of carbonyl (C=O) groups excluding carboxylic acids is 1. The van der Waals surface area contributed by atoms with Gasteiger partial charge in [-0.25, -0.2) is 0 Å². The highest BCUT2D eigenvalue weighted by atomic mass is 35.5. The maximum absolute atomic E-state index is 12.1. The molecule has 0 aromatic heterocycles. The van der Waals surface area contributed by atoms with Crippen molar-refractivity contribution in [1.29, 1.82) is 0 Å². The smallest absolute Gasteiger partial charge is 0.256 e. The molecule has 1 N–H and O–H groups in total. The van der Waals surface area contributed by atoms with Gasteiger partial charge < -0.3 is 14.8 Å². The molecule has 1 aromatic rings. The fraction of sp³-hybridized carbons (Fsp3) is 0.462. The third-order valence-electron chi connectivity index (χ3n) is 2.55. The van der Waals surface area contributed by atoms with Gasteiger partial charge in [0.25, 0.3) is 5.91 Å². The molecule has 6 heteroatoms. The second-order valence-corrected chi connectivity index (χ2v) is 4.71. The summed E-state index contributed by atoms with van der Waals surface area (Å²) in [6, 6.07) is 3.17. The molecule has 1 rings (SSSR count). The number of hydrogen-bond acceptors (Lipinski definition) is 3. The Bertz CT molecular complexity index is 438. The molecular weight excluding hydrogens is 289 g/mol. The number of methoxy groups -OCH3 is 2. The van der Waals surface area contributed by atoms with E-state index in [2.05, 4.69) is 5.32 Å². The lowest BCUT2D eigenvalue weighted by Gasteiger charge is -2.12. The van der Waals surface area contributed by atoms with E-state index in [9.17, 15) is 4.79 Å². The zero-order chi connectivity index (χ0) is 14.3. The van der Waals surface area contributed by atoms with Crippen LogP contribution >= 0.6 is 23.2 Å². The van der Waals surface area contributed by atoms with Crippen LogP contribution in [0.15, 0.2) is 12.1 Å². The van der Waals surface area contributed by atoms with Crippen LogP contribution in [0.1, 0.15) is 23.2 Å². The first-order chi connectivity index (χ1) is 9.11. The minimum absolute atomic E-state index is 0.267. The van der Waals surface area contributed by atoms with E-state index in [-0.39, 0.29) is 11.5 Å². The van der Waals surface area contributed by atoms with Crippen molar-refractivity contribution in [2.45, 2.75) is 12.8 Å². The molecule has 1 aromatic carbocycles. The standard InChI is InChI=1S/C13H17Cl2NO3/c1-18-8-4-3-7-16-13(17)11-9(14)5-6-10(15)12(11)19-2/h5-6H,3-4,7-8H2,1-2H3,(H,16,17). The van der Waals surface area contributed by atoms with Crippen LogP contribution in [-0.2, 0) is 4.74 Å². The number of hydrogen-bond donors (Lipinski definition) is 1. The molecule has 0 atom stereocenters. The normalized spacial score (nSPS) is 10.3. The lowest BCUT2D eigenvalue weighted by Crippen LogP contribution is -2.25. The fourth-order valence-corrected chi connectivity index (χ4v) is 2.08. The number of benzene rings is 1. The van der Waals surface area contributed by atoms with Gasteiger partial charge in [0.2, 0.25) is 0 Å². The summed E-state index contributed by atoms with van der Waals surface area (Å²) in [5.74, 6) is 0.00493. The molecule has 0 fully saturated rings. The Morgan fingerprint density at radius 3 is 2.53 bits per heavy atom. The first kappa shape index (κ1) is 16.1. The summed E-state index contributed by atoms with van der Waals surface area (Å²) in [6.07, 6.45) is 1.72. The summed E-state index contributed by atoms with van der Waals surface area (Å²) in [7, 11) is 3.10. The van der Waals surface area contributed by atoms with Crippen LogP contribution in [-0.4, -0.2) is 33.3 Å². The van der Waals surface area contributed by atoms with Crippen molar-refractivity contribution in [3.63, 3.8) is 0 Å². The molecule has 0 unspecified atom stereocenters. The molecule has 0 saturated heterocycles. The van der Waals surface area contributed by atoms with Crippen LogP contribution < -0.4 is 10.1 Å². The number of carbonyl (C=O) groups is 1. The highest BCUT2D eigenvalue weighted by Gasteiger charge is 2.18. The van der Waals surface area contributed by atoms with Gasteiger partial charge in [0.05, 0.1) is 17.2 Å².